The molecule has 11 heavy (non-hydrogen) atoms. The smallest absolute Gasteiger partial charge is 0.135 e. The molecular weight excluding hydrogens is 138 g/mol. The Morgan fingerprint density at radius 1 is 1.45 bits per heavy atom. The Bertz CT molecular complexity index is 126. The molecule has 0 bridgehead atoms. The lowest BCUT2D eigenvalue weighted by Gasteiger charge is -2.09. The molecule has 0 aromatic rings. The lowest BCUT2D eigenvalue weighted by Crippen LogP contribution is -2.17. The van der Waals surface area contributed by atoms with E-state index in [0.717, 1.165) is 32.4 Å². The highest BCUT2D eigenvalue weighted by Crippen LogP contribution is 2.15. The van der Waals surface area contributed by atoms with Gasteiger partial charge in [-0.1, -0.05) is 6.92 Å². The van der Waals surface area contributed by atoms with Crippen LogP contribution in [0.15, 0.2) is 0 Å². The first-order chi connectivity index (χ1) is 5.34. The summed E-state index contributed by atoms with van der Waals surface area (Å²) in [5, 5.41) is 3.30. The van der Waals surface area contributed by atoms with E-state index in [4.69, 9.17) is 0 Å². The number of ketones is 1. The zero-order chi connectivity index (χ0) is 8.10. The Morgan fingerprint density at radius 2 is 2.27 bits per heavy atom. The van der Waals surface area contributed by atoms with Crippen LogP contribution in [0.25, 0.3) is 0 Å². The molecule has 0 spiro atoms. The third kappa shape index (κ3) is 2.62. The first kappa shape index (κ1) is 8.72. The van der Waals surface area contributed by atoms with Gasteiger partial charge >= 0.3 is 0 Å². The van der Waals surface area contributed by atoms with Crippen LogP contribution in [0.2, 0.25) is 0 Å². The predicted octanol–water partition coefficient (Wildman–Crippen LogP) is 1.36. The summed E-state index contributed by atoms with van der Waals surface area (Å²) in [5.41, 5.74) is 0. The number of nitrogens with one attached hydrogen (secondary N) is 1. The molecule has 0 amide bonds. The van der Waals surface area contributed by atoms with Crippen molar-refractivity contribution in [1.82, 2.24) is 5.32 Å². The van der Waals surface area contributed by atoms with Gasteiger partial charge in [-0.15, -0.1) is 0 Å². The largest absolute Gasteiger partial charge is 0.317 e. The third-order valence-electron chi connectivity index (χ3n) is 2.38. The Morgan fingerprint density at radius 3 is 3.00 bits per heavy atom. The Labute approximate surface area is 68.4 Å². The molecule has 1 saturated heterocycles. The molecule has 1 atom stereocenters. The van der Waals surface area contributed by atoms with Crippen LogP contribution in [0.1, 0.15) is 32.6 Å². The topological polar surface area (TPSA) is 29.1 Å². The average Bonchev–Trinajstić information content (AvgIpc) is 2.30. The van der Waals surface area contributed by atoms with Gasteiger partial charge in [0.2, 0.25) is 0 Å². The second-order valence-corrected chi connectivity index (χ2v) is 3.20. The third-order valence-corrected chi connectivity index (χ3v) is 2.38. The summed E-state index contributed by atoms with van der Waals surface area (Å²) in [6.07, 6.45) is 4.02. The lowest BCUT2D eigenvalue weighted by atomic mass is 9.94. The molecule has 0 aliphatic carbocycles. The van der Waals surface area contributed by atoms with Crippen molar-refractivity contribution < 1.29 is 4.79 Å². The summed E-state index contributed by atoms with van der Waals surface area (Å²) in [7, 11) is 0. The summed E-state index contributed by atoms with van der Waals surface area (Å²) in [6.45, 7) is 4.07. The molecule has 0 saturated carbocycles. The molecule has 64 valence electrons. The molecule has 2 heteroatoms. The van der Waals surface area contributed by atoms with Gasteiger partial charge in [-0.3, -0.25) is 4.79 Å². The molecule has 1 heterocycles. The highest BCUT2D eigenvalue weighted by molar-refractivity contribution is 5.80. The van der Waals surface area contributed by atoms with Crippen molar-refractivity contribution in [1.29, 1.82) is 0 Å². The fourth-order valence-corrected chi connectivity index (χ4v) is 1.63. The summed E-state index contributed by atoms with van der Waals surface area (Å²) in [6, 6.07) is 0. The van der Waals surface area contributed by atoms with E-state index in [9.17, 15) is 4.79 Å². The minimum atomic E-state index is 0.356. The maximum absolute atomic E-state index is 11.3. The van der Waals surface area contributed by atoms with Crippen molar-refractivity contribution in [2.45, 2.75) is 32.6 Å². The van der Waals surface area contributed by atoms with Crippen LogP contribution >= 0.6 is 0 Å². The molecule has 0 aromatic heterocycles. The number of Topliss-reactive ketones (excluding diaryl/α,β-unsaturated/α-hetero) is 1. The van der Waals surface area contributed by atoms with Crippen molar-refractivity contribution in [3.8, 4) is 0 Å². The quantitative estimate of drug-likeness (QED) is 0.652. The normalized spacial score (nSPS) is 26.1. The van der Waals surface area contributed by atoms with E-state index in [2.05, 4.69) is 5.32 Å². The Kier molecular flexibility index (Phi) is 3.57. The van der Waals surface area contributed by atoms with Crippen molar-refractivity contribution in [2.24, 2.45) is 5.92 Å². The first-order valence-corrected chi connectivity index (χ1v) is 4.58. The van der Waals surface area contributed by atoms with Crippen LogP contribution in [0.4, 0.5) is 0 Å². The van der Waals surface area contributed by atoms with E-state index in [1.807, 2.05) is 6.92 Å². The van der Waals surface area contributed by atoms with E-state index < -0.39 is 0 Å². The van der Waals surface area contributed by atoms with Crippen LogP contribution in [0.3, 0.4) is 0 Å². The number of carbonyl (C=O) groups excluding carboxylic acids is 1. The molecule has 0 aromatic carbocycles. The highest BCUT2D eigenvalue weighted by atomic mass is 16.1. The first-order valence-electron chi connectivity index (χ1n) is 4.58. The molecular formula is C9H17NO. The standard InChI is InChI=1S/C9H17NO/c1-2-9(11)8-4-3-6-10-7-5-8/h8,10H,2-7H2,1H3. The number of carbonyl (C=O) groups is 1. The van der Waals surface area contributed by atoms with Gasteiger partial charge in [-0.2, -0.15) is 0 Å². The van der Waals surface area contributed by atoms with Gasteiger partial charge in [0.15, 0.2) is 0 Å². The van der Waals surface area contributed by atoms with Crippen molar-refractivity contribution in [3.63, 3.8) is 0 Å². The monoisotopic (exact) mass is 155 g/mol. The molecule has 1 aliphatic heterocycles. The van der Waals surface area contributed by atoms with Gasteiger partial charge in [0.25, 0.3) is 0 Å². The summed E-state index contributed by atoms with van der Waals surface area (Å²) < 4.78 is 0. The van der Waals surface area contributed by atoms with E-state index in [1.165, 1.54) is 0 Å². The second kappa shape index (κ2) is 4.50. The average molecular weight is 155 g/mol. The van der Waals surface area contributed by atoms with Gasteiger partial charge in [-0.05, 0) is 32.4 Å². The van der Waals surface area contributed by atoms with Crippen LogP contribution < -0.4 is 5.32 Å². The second-order valence-electron chi connectivity index (χ2n) is 3.20. The molecule has 2 nitrogen and oxygen atoms in total. The number of rotatable bonds is 2. The van der Waals surface area contributed by atoms with E-state index in [1.54, 1.807) is 0 Å². The fraction of sp³-hybridized carbons (Fsp3) is 0.889. The maximum Gasteiger partial charge on any atom is 0.135 e. The Hall–Kier alpha value is -0.370. The van der Waals surface area contributed by atoms with Crippen molar-refractivity contribution in [2.75, 3.05) is 13.1 Å². The molecule has 1 fully saturated rings. The van der Waals surface area contributed by atoms with Crippen molar-refractivity contribution >= 4 is 5.78 Å². The van der Waals surface area contributed by atoms with Crippen LogP contribution in [0, 0.1) is 5.92 Å². The zero-order valence-corrected chi connectivity index (χ0v) is 7.23. The molecule has 0 radical (unpaired) electrons. The highest BCUT2D eigenvalue weighted by Gasteiger charge is 2.17. The van der Waals surface area contributed by atoms with Crippen molar-refractivity contribution in [3.05, 3.63) is 0 Å². The van der Waals surface area contributed by atoms with Gasteiger partial charge in [0.05, 0.1) is 0 Å². The molecule has 1 aliphatic rings. The van der Waals surface area contributed by atoms with E-state index in [-0.39, 0.29) is 0 Å². The molecule has 1 unspecified atom stereocenters. The number of hydrogen-bond donors (Lipinski definition) is 1. The minimum absolute atomic E-state index is 0.356. The zero-order valence-electron chi connectivity index (χ0n) is 7.23. The SMILES string of the molecule is CCC(=O)C1CCCNCC1. The Balaban J connectivity index is 2.36. The van der Waals surface area contributed by atoms with Crippen LogP contribution in [0.5, 0.6) is 0 Å². The van der Waals surface area contributed by atoms with E-state index >= 15 is 0 Å². The van der Waals surface area contributed by atoms with Gasteiger partial charge in [0.1, 0.15) is 5.78 Å². The molecule has 1 N–H and O–H groups in total. The fourth-order valence-electron chi connectivity index (χ4n) is 1.63. The summed E-state index contributed by atoms with van der Waals surface area (Å²) >= 11 is 0. The van der Waals surface area contributed by atoms with Crippen LogP contribution in [-0.4, -0.2) is 18.9 Å². The van der Waals surface area contributed by atoms with Gasteiger partial charge in [-0.25, -0.2) is 0 Å². The maximum atomic E-state index is 11.3. The van der Waals surface area contributed by atoms with E-state index in [0.29, 0.717) is 18.1 Å². The van der Waals surface area contributed by atoms with Gasteiger partial charge < -0.3 is 5.32 Å². The summed E-state index contributed by atoms with van der Waals surface area (Å²) in [5.74, 6) is 0.809. The summed E-state index contributed by atoms with van der Waals surface area (Å²) in [4.78, 5) is 11.3. The number of hydrogen-bond acceptors (Lipinski definition) is 2. The lowest BCUT2D eigenvalue weighted by molar-refractivity contribution is -0.122. The molecule has 1 rings (SSSR count). The predicted molar refractivity (Wildman–Crippen MR) is 45.5 cm³/mol. The minimum Gasteiger partial charge on any atom is -0.317 e. The van der Waals surface area contributed by atoms with Gasteiger partial charge in [0, 0.05) is 12.3 Å². The van der Waals surface area contributed by atoms with Crippen LogP contribution in [-0.2, 0) is 4.79 Å².